The molecule has 0 amide bonds. The van der Waals surface area contributed by atoms with Crippen molar-refractivity contribution >= 4 is 17.6 Å². The molecule has 8 heteroatoms. The summed E-state index contributed by atoms with van der Waals surface area (Å²) < 4.78 is 10.4. The number of hydrogen-bond donors (Lipinski definition) is 0. The number of benzene rings is 1. The Hall–Kier alpha value is -3.16. The monoisotopic (exact) mass is 388 g/mol. The van der Waals surface area contributed by atoms with Crippen molar-refractivity contribution in [1.82, 2.24) is 4.90 Å². The van der Waals surface area contributed by atoms with Crippen LogP contribution in [0.1, 0.15) is 39.2 Å². The highest BCUT2D eigenvalue weighted by Crippen LogP contribution is 2.40. The van der Waals surface area contributed by atoms with E-state index < -0.39 is 22.8 Å². The fourth-order valence-electron chi connectivity index (χ4n) is 3.21. The van der Waals surface area contributed by atoms with Gasteiger partial charge in [-0.25, -0.2) is 9.59 Å². The third kappa shape index (κ3) is 4.21. The Morgan fingerprint density at radius 2 is 1.79 bits per heavy atom. The fraction of sp³-hybridized carbons (Fsp3) is 0.400. The number of non-ortho nitro benzene ring substituents is 1. The molecule has 0 N–H and O–H groups in total. The lowest BCUT2D eigenvalue weighted by atomic mass is 9.81. The van der Waals surface area contributed by atoms with Crippen LogP contribution >= 0.6 is 0 Å². The number of hydrogen-bond acceptors (Lipinski definition) is 7. The number of allylic oxidation sites excluding steroid dienone is 1. The van der Waals surface area contributed by atoms with Crippen LogP contribution in [0.4, 0.5) is 5.69 Å². The predicted octanol–water partition coefficient (Wildman–Crippen LogP) is 3.30. The van der Waals surface area contributed by atoms with Gasteiger partial charge in [-0.2, -0.15) is 0 Å². The van der Waals surface area contributed by atoms with Gasteiger partial charge in [-0.05, 0) is 33.3 Å². The third-order valence-corrected chi connectivity index (χ3v) is 4.48. The van der Waals surface area contributed by atoms with Gasteiger partial charge in [0.15, 0.2) is 0 Å². The van der Waals surface area contributed by atoms with Crippen molar-refractivity contribution in [2.75, 3.05) is 19.8 Å². The number of rotatable bonds is 7. The van der Waals surface area contributed by atoms with Crippen molar-refractivity contribution in [2.24, 2.45) is 0 Å². The Kier molecular flexibility index (Phi) is 6.92. The Morgan fingerprint density at radius 3 is 2.36 bits per heavy atom. The molecule has 0 aromatic heterocycles. The third-order valence-electron chi connectivity index (χ3n) is 4.48. The summed E-state index contributed by atoms with van der Waals surface area (Å²) in [6.07, 6.45) is 1.64. The smallest absolute Gasteiger partial charge is 0.336 e. The summed E-state index contributed by atoms with van der Waals surface area (Å²) in [5.74, 6) is -1.96. The van der Waals surface area contributed by atoms with Gasteiger partial charge >= 0.3 is 11.9 Å². The van der Waals surface area contributed by atoms with Crippen LogP contribution in [0.15, 0.2) is 47.3 Å². The van der Waals surface area contributed by atoms with E-state index in [4.69, 9.17) is 9.47 Å². The highest BCUT2D eigenvalue weighted by atomic mass is 16.6. The number of nitrogens with zero attached hydrogens (tertiary/aromatic N) is 2. The first-order chi connectivity index (χ1) is 13.3. The van der Waals surface area contributed by atoms with Gasteiger partial charge in [-0.1, -0.05) is 12.1 Å². The van der Waals surface area contributed by atoms with Crippen molar-refractivity contribution < 1.29 is 24.0 Å². The molecule has 0 spiro atoms. The van der Waals surface area contributed by atoms with E-state index in [0.29, 0.717) is 17.8 Å². The molecule has 0 saturated heterocycles. The van der Waals surface area contributed by atoms with Crippen molar-refractivity contribution in [3.63, 3.8) is 0 Å². The van der Waals surface area contributed by atoms with E-state index in [1.54, 1.807) is 37.9 Å². The number of carbonyl (C=O) groups is 2. The molecule has 8 nitrogen and oxygen atoms in total. The van der Waals surface area contributed by atoms with E-state index in [2.05, 4.69) is 0 Å². The van der Waals surface area contributed by atoms with Crippen LogP contribution in [-0.4, -0.2) is 41.5 Å². The van der Waals surface area contributed by atoms with E-state index in [9.17, 15) is 19.7 Å². The summed E-state index contributed by atoms with van der Waals surface area (Å²) in [5.41, 5.74) is 1.46. The maximum absolute atomic E-state index is 12.8. The molecule has 1 aromatic carbocycles. The maximum atomic E-state index is 12.8. The second kappa shape index (κ2) is 9.16. The predicted molar refractivity (Wildman–Crippen MR) is 102 cm³/mol. The zero-order valence-electron chi connectivity index (χ0n) is 16.4. The van der Waals surface area contributed by atoms with Crippen LogP contribution in [0.2, 0.25) is 0 Å². The molecule has 0 fully saturated rings. The van der Waals surface area contributed by atoms with E-state index >= 15 is 0 Å². The van der Waals surface area contributed by atoms with Gasteiger partial charge in [-0.3, -0.25) is 10.1 Å². The summed E-state index contributed by atoms with van der Waals surface area (Å²) in [6.45, 7) is 7.90. The highest BCUT2D eigenvalue weighted by Gasteiger charge is 2.38. The number of nitro groups is 1. The Bertz CT molecular complexity index is 843. The maximum Gasteiger partial charge on any atom is 0.336 e. The average Bonchev–Trinajstić information content (AvgIpc) is 2.67. The zero-order chi connectivity index (χ0) is 20.8. The molecule has 1 unspecified atom stereocenters. The van der Waals surface area contributed by atoms with Crippen molar-refractivity contribution in [1.29, 1.82) is 0 Å². The molecule has 1 aliphatic rings. The average molecular weight is 388 g/mol. The fourth-order valence-corrected chi connectivity index (χ4v) is 3.21. The second-order valence-electron chi connectivity index (χ2n) is 6.10. The van der Waals surface area contributed by atoms with Gasteiger partial charge < -0.3 is 14.4 Å². The van der Waals surface area contributed by atoms with Crippen LogP contribution in [-0.2, 0) is 19.1 Å². The van der Waals surface area contributed by atoms with Crippen molar-refractivity contribution in [3.8, 4) is 0 Å². The first-order valence-electron chi connectivity index (χ1n) is 9.13. The Morgan fingerprint density at radius 1 is 1.14 bits per heavy atom. The van der Waals surface area contributed by atoms with Gasteiger partial charge in [0.25, 0.3) is 5.69 Å². The van der Waals surface area contributed by atoms with Crippen LogP contribution in [0.3, 0.4) is 0 Å². The lowest BCUT2D eigenvalue weighted by Crippen LogP contribution is -2.32. The van der Waals surface area contributed by atoms with Crippen LogP contribution in [0.25, 0.3) is 0 Å². The first kappa shape index (κ1) is 21.1. The van der Waals surface area contributed by atoms with E-state index in [1.807, 2.05) is 6.92 Å². The van der Waals surface area contributed by atoms with Gasteiger partial charge in [0.05, 0.1) is 35.2 Å². The summed E-state index contributed by atoms with van der Waals surface area (Å²) in [5, 5.41) is 11.2. The minimum absolute atomic E-state index is 0.125. The highest BCUT2D eigenvalue weighted by molar-refractivity contribution is 5.99. The molecule has 0 aliphatic carbocycles. The minimum atomic E-state index is -0.819. The normalized spacial score (nSPS) is 16.5. The molecule has 28 heavy (non-hydrogen) atoms. The van der Waals surface area contributed by atoms with Crippen molar-refractivity contribution in [2.45, 2.75) is 33.6 Å². The Labute approximate surface area is 163 Å². The largest absolute Gasteiger partial charge is 0.463 e. The molecule has 0 radical (unpaired) electrons. The first-order valence-corrected chi connectivity index (χ1v) is 9.13. The lowest BCUT2D eigenvalue weighted by Gasteiger charge is -2.33. The molecular formula is C20H24N2O6. The number of ether oxygens (including phenoxy) is 2. The van der Waals surface area contributed by atoms with Gasteiger partial charge in [-0.15, -0.1) is 0 Å². The molecule has 150 valence electrons. The molecule has 1 atom stereocenters. The minimum Gasteiger partial charge on any atom is -0.463 e. The summed E-state index contributed by atoms with van der Waals surface area (Å²) in [4.78, 5) is 37.9. The summed E-state index contributed by atoms with van der Waals surface area (Å²) >= 11 is 0. The molecule has 1 heterocycles. The van der Waals surface area contributed by atoms with Crippen LogP contribution in [0, 0.1) is 10.1 Å². The molecule has 1 aliphatic heterocycles. The van der Waals surface area contributed by atoms with Crippen molar-refractivity contribution in [3.05, 3.63) is 63.0 Å². The van der Waals surface area contributed by atoms with E-state index in [0.717, 1.165) is 0 Å². The second-order valence-corrected chi connectivity index (χ2v) is 6.10. The quantitative estimate of drug-likeness (QED) is 0.401. The van der Waals surface area contributed by atoms with E-state index in [1.165, 1.54) is 18.2 Å². The topological polar surface area (TPSA) is 99.0 Å². The molecule has 2 rings (SSSR count). The summed E-state index contributed by atoms with van der Waals surface area (Å²) in [7, 11) is 0. The standard InChI is InChI=1S/C20H24N2O6/c1-5-21-12-16(19(23)27-6-2)18(17(13(21)4)20(24)28-7-3)14-9-8-10-15(11-14)22(25)26/h8-12,18H,5-7H2,1-4H3. The van der Waals surface area contributed by atoms with Gasteiger partial charge in [0.1, 0.15) is 0 Å². The van der Waals surface area contributed by atoms with Gasteiger partial charge in [0, 0.05) is 30.6 Å². The van der Waals surface area contributed by atoms with Gasteiger partial charge in [0.2, 0.25) is 0 Å². The molecule has 0 bridgehead atoms. The number of esters is 2. The molecule has 1 aromatic rings. The zero-order valence-corrected chi connectivity index (χ0v) is 16.4. The van der Waals surface area contributed by atoms with Crippen LogP contribution in [0.5, 0.6) is 0 Å². The SMILES string of the molecule is CCOC(=O)C1=CN(CC)C(C)=C(C(=O)OCC)C1c1cccc([N+](=O)[O-])c1. The Balaban J connectivity index is 2.70. The number of carbonyl (C=O) groups excluding carboxylic acids is 2. The lowest BCUT2D eigenvalue weighted by molar-refractivity contribution is -0.384. The number of nitro benzene ring substituents is 1. The van der Waals surface area contributed by atoms with E-state index in [-0.39, 0.29) is 30.0 Å². The summed E-state index contributed by atoms with van der Waals surface area (Å²) in [6, 6.07) is 5.91. The molecule has 0 saturated carbocycles. The van der Waals surface area contributed by atoms with Crippen LogP contribution < -0.4 is 0 Å². The molecular weight excluding hydrogens is 364 g/mol.